The number of likely N-dealkylation sites (tertiary alicyclic amines) is 1. The second-order valence-electron chi connectivity index (χ2n) is 6.67. The molecule has 2 unspecified atom stereocenters. The van der Waals surface area contributed by atoms with Gasteiger partial charge in [-0.3, -0.25) is 9.59 Å². The molecule has 2 N–H and O–H groups in total. The van der Waals surface area contributed by atoms with Crippen molar-refractivity contribution >= 4 is 33.4 Å². The number of aromatic nitrogens is 3. The number of nitrogens with two attached hydrogens (primary N) is 1. The van der Waals surface area contributed by atoms with Crippen molar-refractivity contribution in [3.8, 4) is 0 Å². The molecule has 0 bridgehead atoms. The van der Waals surface area contributed by atoms with Crippen LogP contribution in [0.2, 0.25) is 0 Å². The number of nitrogens with zero attached hydrogens (tertiary/aromatic N) is 4. The molecule has 1 saturated heterocycles. The van der Waals surface area contributed by atoms with Crippen LogP contribution in [0, 0.1) is 12.8 Å². The Bertz CT molecular complexity index is 965. The van der Waals surface area contributed by atoms with E-state index in [-0.39, 0.29) is 18.4 Å². The number of amides is 2. The van der Waals surface area contributed by atoms with Crippen molar-refractivity contribution in [3.63, 3.8) is 0 Å². The average Bonchev–Trinajstić information content (AvgIpc) is 3.36. The van der Waals surface area contributed by atoms with Crippen LogP contribution in [0.15, 0.2) is 28.8 Å². The van der Waals surface area contributed by atoms with E-state index in [1.165, 1.54) is 0 Å². The average molecular weight is 385 g/mol. The topological polar surface area (TPSA) is 115 Å². The molecule has 4 rings (SSSR count). The first-order chi connectivity index (χ1) is 13.0. The van der Waals surface area contributed by atoms with Gasteiger partial charge >= 0.3 is 0 Å². The fourth-order valence-electron chi connectivity index (χ4n) is 3.41. The van der Waals surface area contributed by atoms with Gasteiger partial charge in [-0.2, -0.15) is 4.98 Å². The summed E-state index contributed by atoms with van der Waals surface area (Å²) in [6.45, 7) is 2.34. The fourth-order valence-corrected chi connectivity index (χ4v) is 4.38. The van der Waals surface area contributed by atoms with E-state index in [0.29, 0.717) is 31.1 Å². The summed E-state index contributed by atoms with van der Waals surface area (Å²) in [6.07, 6.45) is 0.904. The van der Waals surface area contributed by atoms with Crippen LogP contribution < -0.4 is 5.73 Å². The summed E-state index contributed by atoms with van der Waals surface area (Å²) in [7, 11) is 0. The highest BCUT2D eigenvalue weighted by atomic mass is 32.1. The van der Waals surface area contributed by atoms with E-state index in [2.05, 4.69) is 15.1 Å². The van der Waals surface area contributed by atoms with Gasteiger partial charge in [0.2, 0.25) is 17.7 Å². The molecule has 3 aromatic rings. The number of thiazole rings is 1. The van der Waals surface area contributed by atoms with Gasteiger partial charge in [0.25, 0.3) is 0 Å². The smallest absolute Gasteiger partial charge is 0.232 e. The monoisotopic (exact) mass is 385 g/mol. The van der Waals surface area contributed by atoms with E-state index in [9.17, 15) is 9.59 Å². The quantitative estimate of drug-likeness (QED) is 0.714. The minimum atomic E-state index is -0.517. The van der Waals surface area contributed by atoms with E-state index in [4.69, 9.17) is 10.3 Å². The number of primary amides is 1. The molecular formula is C18H19N5O3S. The molecule has 0 spiro atoms. The predicted molar refractivity (Wildman–Crippen MR) is 99.0 cm³/mol. The highest BCUT2D eigenvalue weighted by molar-refractivity contribution is 7.18. The Morgan fingerprint density at radius 2 is 2.11 bits per heavy atom. The molecule has 9 heteroatoms. The van der Waals surface area contributed by atoms with Crippen molar-refractivity contribution in [1.29, 1.82) is 0 Å². The molecule has 140 valence electrons. The molecule has 1 aromatic carbocycles. The molecule has 27 heavy (non-hydrogen) atoms. The molecule has 2 amide bonds. The van der Waals surface area contributed by atoms with Gasteiger partial charge < -0.3 is 15.2 Å². The summed E-state index contributed by atoms with van der Waals surface area (Å²) in [5.74, 6) is -0.505. The molecule has 2 aromatic heterocycles. The highest BCUT2D eigenvalue weighted by Crippen LogP contribution is 2.32. The van der Waals surface area contributed by atoms with Crippen molar-refractivity contribution < 1.29 is 14.1 Å². The maximum Gasteiger partial charge on any atom is 0.232 e. The second kappa shape index (κ2) is 7.07. The molecule has 0 saturated carbocycles. The summed E-state index contributed by atoms with van der Waals surface area (Å²) in [6, 6.07) is 7.91. The van der Waals surface area contributed by atoms with E-state index < -0.39 is 11.8 Å². The van der Waals surface area contributed by atoms with Gasteiger partial charge in [0, 0.05) is 25.9 Å². The van der Waals surface area contributed by atoms with Gasteiger partial charge in [-0.05, 0) is 19.1 Å². The number of hydrogen-bond acceptors (Lipinski definition) is 7. The summed E-state index contributed by atoms with van der Waals surface area (Å²) < 4.78 is 6.32. The number of fused-ring (bicyclic) bond motifs is 1. The maximum atomic E-state index is 12.7. The third-order valence-corrected chi connectivity index (χ3v) is 5.89. The second-order valence-corrected chi connectivity index (χ2v) is 7.78. The Morgan fingerprint density at radius 3 is 2.81 bits per heavy atom. The van der Waals surface area contributed by atoms with Gasteiger partial charge in [-0.15, -0.1) is 11.3 Å². The van der Waals surface area contributed by atoms with Crippen molar-refractivity contribution in [2.45, 2.75) is 25.7 Å². The van der Waals surface area contributed by atoms with Crippen LogP contribution in [-0.4, -0.2) is 44.9 Å². The third kappa shape index (κ3) is 3.55. The SMILES string of the molecule is Cc1noc(C2CN(C(=O)CCc3nc4ccccc4s3)CC2C(N)=O)n1. The minimum absolute atomic E-state index is 0.0285. The third-order valence-electron chi connectivity index (χ3n) is 4.79. The van der Waals surface area contributed by atoms with Gasteiger partial charge in [-0.1, -0.05) is 17.3 Å². The Morgan fingerprint density at radius 1 is 1.30 bits per heavy atom. The first-order valence-electron chi connectivity index (χ1n) is 8.73. The number of carbonyl (C=O) groups excluding carboxylic acids is 2. The van der Waals surface area contributed by atoms with Gasteiger partial charge in [-0.25, -0.2) is 4.98 Å². The van der Waals surface area contributed by atoms with Crippen molar-refractivity contribution in [2.75, 3.05) is 13.1 Å². The number of hydrogen-bond donors (Lipinski definition) is 1. The van der Waals surface area contributed by atoms with Crippen LogP contribution >= 0.6 is 11.3 Å². The van der Waals surface area contributed by atoms with E-state index in [0.717, 1.165) is 15.2 Å². The molecule has 2 atom stereocenters. The molecule has 8 nitrogen and oxygen atoms in total. The maximum absolute atomic E-state index is 12.7. The normalized spacial score (nSPS) is 19.7. The van der Waals surface area contributed by atoms with Crippen LogP contribution in [0.1, 0.15) is 29.1 Å². The zero-order valence-corrected chi connectivity index (χ0v) is 15.6. The Labute approximate surface area is 159 Å². The molecule has 1 aliphatic heterocycles. The zero-order chi connectivity index (χ0) is 19.0. The Kier molecular flexibility index (Phi) is 4.61. The number of para-hydroxylation sites is 1. The molecule has 0 aliphatic carbocycles. The molecular weight excluding hydrogens is 366 g/mol. The Balaban J connectivity index is 1.43. The Hall–Kier alpha value is -2.81. The van der Waals surface area contributed by atoms with Crippen molar-refractivity contribution in [2.24, 2.45) is 11.7 Å². The number of benzene rings is 1. The minimum Gasteiger partial charge on any atom is -0.369 e. The van der Waals surface area contributed by atoms with Gasteiger partial charge in [0.05, 0.1) is 27.1 Å². The number of rotatable bonds is 5. The van der Waals surface area contributed by atoms with Crippen molar-refractivity contribution in [3.05, 3.63) is 41.0 Å². The van der Waals surface area contributed by atoms with Crippen LogP contribution in [-0.2, 0) is 16.0 Å². The molecule has 0 radical (unpaired) electrons. The lowest BCUT2D eigenvalue weighted by Crippen LogP contribution is -2.32. The summed E-state index contributed by atoms with van der Waals surface area (Å²) in [5.41, 5.74) is 6.48. The summed E-state index contributed by atoms with van der Waals surface area (Å²) in [5, 5.41) is 4.70. The lowest BCUT2D eigenvalue weighted by Gasteiger charge is -2.15. The first-order valence-corrected chi connectivity index (χ1v) is 9.54. The fraction of sp³-hybridized carbons (Fsp3) is 0.389. The molecule has 1 aliphatic rings. The largest absolute Gasteiger partial charge is 0.369 e. The summed E-state index contributed by atoms with van der Waals surface area (Å²) in [4.78, 5) is 34.9. The summed E-state index contributed by atoms with van der Waals surface area (Å²) >= 11 is 1.60. The standard InChI is InChI=1S/C18H19N5O3S/c1-10-20-18(26-22-10)12-9-23(8-11(12)17(19)25)16(24)7-6-15-21-13-4-2-3-5-14(13)27-15/h2-5,11-12H,6-9H2,1H3,(H2,19,25). The highest BCUT2D eigenvalue weighted by Gasteiger charge is 2.42. The van der Waals surface area contributed by atoms with E-state index >= 15 is 0 Å². The number of carbonyl (C=O) groups is 2. The van der Waals surface area contributed by atoms with Gasteiger partial charge in [0.15, 0.2) is 5.82 Å². The zero-order valence-electron chi connectivity index (χ0n) is 14.8. The van der Waals surface area contributed by atoms with E-state index in [1.54, 1.807) is 23.2 Å². The lowest BCUT2D eigenvalue weighted by molar-refractivity contribution is -0.130. The van der Waals surface area contributed by atoms with Crippen LogP contribution in [0.3, 0.4) is 0 Å². The van der Waals surface area contributed by atoms with Crippen LogP contribution in [0.5, 0.6) is 0 Å². The predicted octanol–water partition coefficient (Wildman–Crippen LogP) is 1.65. The van der Waals surface area contributed by atoms with Gasteiger partial charge in [0.1, 0.15) is 0 Å². The first kappa shape index (κ1) is 17.6. The van der Waals surface area contributed by atoms with Crippen molar-refractivity contribution in [1.82, 2.24) is 20.0 Å². The van der Waals surface area contributed by atoms with Crippen LogP contribution in [0.25, 0.3) is 10.2 Å². The lowest BCUT2D eigenvalue weighted by atomic mass is 9.95. The number of aryl methyl sites for hydroxylation is 2. The molecule has 3 heterocycles. The van der Waals surface area contributed by atoms with Crippen LogP contribution in [0.4, 0.5) is 0 Å². The van der Waals surface area contributed by atoms with E-state index in [1.807, 2.05) is 24.3 Å². The molecule has 1 fully saturated rings.